The fourth-order valence-corrected chi connectivity index (χ4v) is 7.28. The Bertz CT molecular complexity index is 2560. The Balaban J connectivity index is 1.23. The number of benzene rings is 7. The van der Waals surface area contributed by atoms with E-state index in [1.807, 2.05) is 12.4 Å². The van der Waals surface area contributed by atoms with Crippen LogP contribution in [-0.4, -0.2) is 14.5 Å². The predicted octanol–water partition coefficient (Wildman–Crippen LogP) is 11.4. The fourth-order valence-electron chi connectivity index (χ4n) is 7.28. The van der Waals surface area contributed by atoms with Crippen LogP contribution in [0.25, 0.3) is 82.4 Å². The van der Waals surface area contributed by atoms with Crippen molar-refractivity contribution in [2.24, 2.45) is 0 Å². The average Bonchev–Trinajstić information content (AvgIpc) is 3.52. The molecule has 9 rings (SSSR count). The first-order valence-electron chi connectivity index (χ1n) is 16.2. The molecule has 0 N–H and O–H groups in total. The van der Waals surface area contributed by atoms with E-state index in [9.17, 15) is 0 Å². The molecule has 0 radical (unpaired) electrons. The first-order valence-corrected chi connectivity index (χ1v) is 16.2. The zero-order valence-electron chi connectivity index (χ0n) is 26.1. The number of aromatic nitrogens is 3. The summed E-state index contributed by atoms with van der Waals surface area (Å²) in [5.41, 5.74) is 10.6. The summed E-state index contributed by atoms with van der Waals surface area (Å²) in [6, 6.07) is 52.8. The van der Waals surface area contributed by atoms with Crippen molar-refractivity contribution < 1.29 is 0 Å². The van der Waals surface area contributed by atoms with E-state index < -0.39 is 0 Å². The molecule has 2 aromatic heterocycles. The van der Waals surface area contributed by atoms with Crippen LogP contribution < -0.4 is 0 Å². The van der Waals surface area contributed by atoms with Crippen LogP contribution in [-0.2, 0) is 6.42 Å². The molecule has 0 unspecified atom stereocenters. The minimum Gasteiger partial charge on any atom is -0.296 e. The minimum atomic E-state index is 0.871. The molecule has 3 heteroatoms. The summed E-state index contributed by atoms with van der Waals surface area (Å²) in [4.78, 5) is 9.13. The molecular weight excluding hydrogens is 571 g/mol. The van der Waals surface area contributed by atoms with Gasteiger partial charge in [0.1, 0.15) is 5.82 Å². The fraction of sp³-hybridized carbons (Fsp3) is 0.0455. The zero-order chi connectivity index (χ0) is 31.3. The highest BCUT2D eigenvalue weighted by Gasteiger charge is 2.18. The van der Waals surface area contributed by atoms with E-state index in [1.165, 1.54) is 65.7 Å². The second-order valence-corrected chi connectivity index (χ2v) is 12.1. The van der Waals surface area contributed by atoms with Crippen LogP contribution in [0.3, 0.4) is 0 Å². The molecule has 0 saturated heterocycles. The largest absolute Gasteiger partial charge is 0.296 e. The molecule has 0 atom stereocenters. The Morgan fingerprint density at radius 3 is 1.79 bits per heavy atom. The van der Waals surface area contributed by atoms with Crippen molar-refractivity contribution in [3.8, 4) is 39.1 Å². The lowest BCUT2D eigenvalue weighted by molar-refractivity contribution is 0.909. The predicted molar refractivity (Wildman–Crippen MR) is 197 cm³/mol. The summed E-state index contributed by atoms with van der Waals surface area (Å²) in [6.07, 6.45) is 4.58. The van der Waals surface area contributed by atoms with Crippen LogP contribution >= 0.6 is 0 Å². The topological polar surface area (TPSA) is 30.7 Å². The van der Waals surface area contributed by atoms with Gasteiger partial charge in [-0.05, 0) is 114 Å². The van der Waals surface area contributed by atoms with E-state index >= 15 is 0 Å². The van der Waals surface area contributed by atoms with Gasteiger partial charge in [-0.15, -0.1) is 0 Å². The lowest BCUT2D eigenvalue weighted by Crippen LogP contribution is -2.00. The van der Waals surface area contributed by atoms with Crippen molar-refractivity contribution in [3.63, 3.8) is 0 Å². The van der Waals surface area contributed by atoms with Crippen LogP contribution in [0, 0.1) is 0 Å². The molecule has 0 fully saturated rings. The van der Waals surface area contributed by atoms with Crippen LogP contribution in [0.2, 0.25) is 0 Å². The number of hydrogen-bond acceptors (Lipinski definition) is 2. The number of aryl methyl sites for hydroxylation is 1. The molecule has 0 aliphatic carbocycles. The number of para-hydroxylation sites is 2. The summed E-state index contributed by atoms with van der Waals surface area (Å²) >= 11 is 0. The van der Waals surface area contributed by atoms with E-state index in [2.05, 4.69) is 162 Å². The number of nitrogens with zero attached hydrogens (tertiary/aromatic N) is 3. The summed E-state index contributed by atoms with van der Waals surface area (Å²) in [7, 11) is 0. The van der Waals surface area contributed by atoms with Crippen LogP contribution in [0.1, 0.15) is 12.7 Å². The van der Waals surface area contributed by atoms with E-state index in [-0.39, 0.29) is 0 Å². The molecule has 0 aliphatic rings. The van der Waals surface area contributed by atoms with E-state index in [4.69, 9.17) is 4.98 Å². The molecule has 7 aromatic carbocycles. The highest BCUT2D eigenvalue weighted by Crippen LogP contribution is 2.44. The van der Waals surface area contributed by atoms with Gasteiger partial charge in [0.05, 0.1) is 11.0 Å². The molecule has 0 spiro atoms. The van der Waals surface area contributed by atoms with Crippen molar-refractivity contribution in [2.75, 3.05) is 0 Å². The molecular formula is C44H31N3. The lowest BCUT2D eigenvalue weighted by atomic mass is 9.85. The molecule has 3 nitrogen and oxygen atoms in total. The van der Waals surface area contributed by atoms with E-state index in [1.54, 1.807) is 0 Å². The van der Waals surface area contributed by atoms with Gasteiger partial charge in [-0.2, -0.15) is 0 Å². The van der Waals surface area contributed by atoms with Crippen LogP contribution in [0.4, 0.5) is 0 Å². The van der Waals surface area contributed by atoms with Gasteiger partial charge in [0, 0.05) is 24.5 Å². The Labute approximate surface area is 273 Å². The van der Waals surface area contributed by atoms with Crippen molar-refractivity contribution in [1.29, 1.82) is 0 Å². The van der Waals surface area contributed by atoms with Crippen molar-refractivity contribution in [2.45, 2.75) is 13.3 Å². The van der Waals surface area contributed by atoms with Crippen molar-refractivity contribution >= 4 is 43.4 Å². The number of pyridine rings is 1. The van der Waals surface area contributed by atoms with Gasteiger partial charge in [0.2, 0.25) is 0 Å². The molecule has 0 bridgehead atoms. The lowest BCUT2D eigenvalue weighted by Gasteiger charge is -2.18. The van der Waals surface area contributed by atoms with Crippen LogP contribution in [0.5, 0.6) is 0 Å². The molecule has 47 heavy (non-hydrogen) atoms. The maximum absolute atomic E-state index is 4.91. The third-order valence-corrected chi connectivity index (χ3v) is 9.41. The second-order valence-electron chi connectivity index (χ2n) is 12.1. The van der Waals surface area contributed by atoms with Gasteiger partial charge in [0.25, 0.3) is 0 Å². The highest BCUT2D eigenvalue weighted by molar-refractivity contribution is 6.21. The summed E-state index contributed by atoms with van der Waals surface area (Å²) in [6.45, 7) is 2.17. The monoisotopic (exact) mass is 601 g/mol. The van der Waals surface area contributed by atoms with Gasteiger partial charge >= 0.3 is 0 Å². The summed E-state index contributed by atoms with van der Waals surface area (Å²) < 4.78 is 2.30. The van der Waals surface area contributed by atoms with Gasteiger partial charge in [-0.25, -0.2) is 4.98 Å². The van der Waals surface area contributed by atoms with Crippen molar-refractivity contribution in [1.82, 2.24) is 14.5 Å². The van der Waals surface area contributed by atoms with Gasteiger partial charge in [-0.3, -0.25) is 9.55 Å². The minimum absolute atomic E-state index is 0.871. The number of hydrogen-bond donors (Lipinski definition) is 0. The Kier molecular flexibility index (Phi) is 6.43. The summed E-state index contributed by atoms with van der Waals surface area (Å²) in [5, 5.41) is 7.44. The van der Waals surface area contributed by atoms with Gasteiger partial charge < -0.3 is 0 Å². The maximum Gasteiger partial charge on any atom is 0.114 e. The first-order chi connectivity index (χ1) is 23.3. The first kappa shape index (κ1) is 27.3. The quantitative estimate of drug-likeness (QED) is 0.184. The molecule has 9 aromatic rings. The third kappa shape index (κ3) is 4.51. The number of rotatable bonds is 5. The SMILES string of the molecule is CCc1nc2ccccc2n1-c1ccc2cc(-c3c4ccccc4c(-c4cccc(-c5ccncc5)c4)c4ccccc34)ccc2c1. The number of fused-ring (bicyclic) bond motifs is 4. The standard InChI is InChI=1S/C44H31N3/c1-2-42-46-40-16-7-8-17-41(40)47(42)35-21-20-31-27-34(19-18-32(31)28-35)44-38-14-5-3-12-36(38)43(37-13-4-6-15-39(37)44)33-11-9-10-30(26-33)29-22-24-45-25-23-29/h3-28H,2H2,1H3. The smallest absolute Gasteiger partial charge is 0.114 e. The highest BCUT2D eigenvalue weighted by atomic mass is 15.1. The maximum atomic E-state index is 4.91. The zero-order valence-corrected chi connectivity index (χ0v) is 26.1. The number of imidazole rings is 1. The van der Waals surface area contributed by atoms with E-state index in [0.29, 0.717) is 0 Å². The van der Waals surface area contributed by atoms with Gasteiger partial charge in [-0.1, -0.05) is 104 Å². The molecule has 0 amide bonds. The average molecular weight is 602 g/mol. The second kappa shape index (κ2) is 11.1. The molecule has 0 saturated carbocycles. The Morgan fingerprint density at radius 2 is 1.09 bits per heavy atom. The molecule has 0 aliphatic heterocycles. The van der Waals surface area contributed by atoms with Crippen molar-refractivity contribution in [3.05, 3.63) is 164 Å². The third-order valence-electron chi connectivity index (χ3n) is 9.41. The Hall–Kier alpha value is -6.06. The Morgan fingerprint density at radius 1 is 0.489 bits per heavy atom. The normalized spacial score (nSPS) is 11.6. The molecule has 2 heterocycles. The van der Waals surface area contributed by atoms with Gasteiger partial charge in [0.15, 0.2) is 0 Å². The van der Waals surface area contributed by atoms with Crippen LogP contribution in [0.15, 0.2) is 158 Å². The molecule has 222 valence electrons. The summed E-state index contributed by atoms with van der Waals surface area (Å²) in [5.74, 6) is 1.08. The van der Waals surface area contributed by atoms with E-state index in [0.717, 1.165) is 29.0 Å².